The van der Waals surface area contributed by atoms with E-state index < -0.39 is 0 Å². The Hall–Kier alpha value is -1.90. The first-order chi connectivity index (χ1) is 8.49. The first kappa shape index (κ1) is 12.6. The summed E-state index contributed by atoms with van der Waals surface area (Å²) in [7, 11) is 0. The molecule has 0 aliphatic rings. The fraction of sp³-hybridized carbons (Fsp3) is 0.333. The van der Waals surface area contributed by atoms with Crippen LogP contribution in [0, 0.1) is 27.7 Å². The summed E-state index contributed by atoms with van der Waals surface area (Å²) in [5.41, 5.74) is 5.21. The number of hydrogen-bond donors (Lipinski definition) is 0. The maximum Gasteiger partial charge on any atom is 0.184 e. The number of hydrogen-bond acceptors (Lipinski definition) is 2. The van der Waals surface area contributed by atoms with E-state index in [0.29, 0.717) is 6.54 Å². The molecule has 2 rings (SSSR count). The molecule has 0 spiro atoms. The van der Waals surface area contributed by atoms with Crippen LogP contribution in [0.15, 0.2) is 24.4 Å². The predicted molar refractivity (Wildman–Crippen MR) is 71.9 cm³/mol. The highest BCUT2D eigenvalue weighted by Gasteiger charge is 2.12. The van der Waals surface area contributed by atoms with Crippen molar-refractivity contribution in [2.24, 2.45) is 0 Å². The third-order valence-corrected chi connectivity index (χ3v) is 3.36. The van der Waals surface area contributed by atoms with Crippen molar-refractivity contribution >= 4 is 5.78 Å². The highest BCUT2D eigenvalue weighted by Crippen LogP contribution is 2.16. The largest absolute Gasteiger partial charge is 0.292 e. The molecule has 3 heteroatoms. The highest BCUT2D eigenvalue weighted by atomic mass is 16.1. The van der Waals surface area contributed by atoms with Crippen molar-refractivity contribution in [3.8, 4) is 0 Å². The molecule has 0 fully saturated rings. The van der Waals surface area contributed by atoms with Gasteiger partial charge in [0.15, 0.2) is 5.78 Å². The van der Waals surface area contributed by atoms with Gasteiger partial charge in [-0.05, 0) is 56.5 Å². The van der Waals surface area contributed by atoms with E-state index in [-0.39, 0.29) is 5.78 Å². The van der Waals surface area contributed by atoms with Gasteiger partial charge in [0.25, 0.3) is 0 Å². The van der Waals surface area contributed by atoms with E-state index in [4.69, 9.17) is 0 Å². The number of carbonyl (C=O) groups excluding carboxylic acids is 1. The van der Waals surface area contributed by atoms with E-state index in [2.05, 4.69) is 18.1 Å². The predicted octanol–water partition coefficient (Wildman–Crippen LogP) is 3.00. The number of carbonyl (C=O) groups is 1. The maximum atomic E-state index is 12.3. The summed E-state index contributed by atoms with van der Waals surface area (Å²) in [6.07, 6.45) is 1.72. The van der Waals surface area contributed by atoms with Crippen molar-refractivity contribution in [1.29, 1.82) is 0 Å². The molecule has 1 heterocycles. The van der Waals surface area contributed by atoms with Crippen LogP contribution >= 0.6 is 0 Å². The SMILES string of the molecule is Cc1cc(C)c(C(=O)Cn2nccc2C)cc1C. The molecule has 0 saturated carbocycles. The monoisotopic (exact) mass is 242 g/mol. The molecule has 94 valence electrons. The molecule has 0 aliphatic carbocycles. The lowest BCUT2D eigenvalue weighted by Crippen LogP contribution is -2.14. The second-order valence-electron chi connectivity index (χ2n) is 4.80. The summed E-state index contributed by atoms with van der Waals surface area (Å²) in [5, 5.41) is 4.15. The van der Waals surface area contributed by atoms with Gasteiger partial charge in [-0.2, -0.15) is 5.10 Å². The zero-order valence-corrected chi connectivity index (χ0v) is 11.3. The molecule has 0 aliphatic heterocycles. The minimum atomic E-state index is 0.113. The average molecular weight is 242 g/mol. The van der Waals surface area contributed by atoms with Gasteiger partial charge < -0.3 is 0 Å². The molecule has 0 amide bonds. The Labute approximate surface area is 107 Å². The van der Waals surface area contributed by atoms with Crippen molar-refractivity contribution < 1.29 is 4.79 Å². The molecule has 1 aromatic heterocycles. The van der Waals surface area contributed by atoms with Gasteiger partial charge in [0.1, 0.15) is 6.54 Å². The second kappa shape index (κ2) is 4.77. The number of aromatic nitrogens is 2. The number of nitrogens with zero attached hydrogens (tertiary/aromatic N) is 2. The summed E-state index contributed by atoms with van der Waals surface area (Å²) in [6.45, 7) is 8.34. The van der Waals surface area contributed by atoms with Crippen LogP contribution in [0.2, 0.25) is 0 Å². The third-order valence-electron chi connectivity index (χ3n) is 3.36. The molecule has 0 N–H and O–H groups in total. The minimum absolute atomic E-state index is 0.113. The molecule has 0 unspecified atom stereocenters. The number of aryl methyl sites for hydroxylation is 4. The topological polar surface area (TPSA) is 34.9 Å². The summed E-state index contributed by atoms with van der Waals surface area (Å²) in [6, 6.07) is 5.95. The Morgan fingerprint density at radius 1 is 1.11 bits per heavy atom. The van der Waals surface area contributed by atoms with Crippen molar-refractivity contribution in [3.63, 3.8) is 0 Å². The first-order valence-corrected chi connectivity index (χ1v) is 6.08. The first-order valence-electron chi connectivity index (χ1n) is 6.08. The van der Waals surface area contributed by atoms with Gasteiger partial charge >= 0.3 is 0 Å². The second-order valence-corrected chi connectivity index (χ2v) is 4.80. The van der Waals surface area contributed by atoms with Crippen molar-refractivity contribution in [3.05, 3.63) is 52.3 Å². The maximum absolute atomic E-state index is 12.3. The van der Waals surface area contributed by atoms with Crippen LogP contribution in [0.25, 0.3) is 0 Å². The van der Waals surface area contributed by atoms with Gasteiger partial charge in [0.05, 0.1) is 0 Å². The van der Waals surface area contributed by atoms with Crippen LogP contribution in [0.5, 0.6) is 0 Å². The Kier molecular flexibility index (Phi) is 3.32. The van der Waals surface area contributed by atoms with Gasteiger partial charge in [-0.15, -0.1) is 0 Å². The van der Waals surface area contributed by atoms with Gasteiger partial charge in [-0.3, -0.25) is 9.48 Å². The van der Waals surface area contributed by atoms with E-state index in [0.717, 1.165) is 22.4 Å². The van der Waals surface area contributed by atoms with E-state index >= 15 is 0 Å². The summed E-state index contributed by atoms with van der Waals surface area (Å²) in [4.78, 5) is 12.3. The molecule has 0 radical (unpaired) electrons. The van der Waals surface area contributed by atoms with Crippen LogP contribution in [0.3, 0.4) is 0 Å². The van der Waals surface area contributed by atoms with Crippen LogP contribution in [0.1, 0.15) is 32.7 Å². The fourth-order valence-corrected chi connectivity index (χ4v) is 2.05. The molecular formula is C15H18N2O. The molecule has 0 bridgehead atoms. The van der Waals surface area contributed by atoms with Crippen molar-refractivity contribution in [1.82, 2.24) is 9.78 Å². The molecule has 1 aromatic carbocycles. The summed E-state index contributed by atoms with van der Waals surface area (Å²) >= 11 is 0. The molecule has 18 heavy (non-hydrogen) atoms. The van der Waals surface area contributed by atoms with E-state index in [1.807, 2.05) is 32.9 Å². The minimum Gasteiger partial charge on any atom is -0.292 e. The van der Waals surface area contributed by atoms with Crippen LogP contribution in [-0.4, -0.2) is 15.6 Å². The van der Waals surface area contributed by atoms with E-state index in [9.17, 15) is 4.79 Å². The lowest BCUT2D eigenvalue weighted by Gasteiger charge is -2.10. The molecular weight excluding hydrogens is 224 g/mol. The van der Waals surface area contributed by atoms with Crippen LogP contribution < -0.4 is 0 Å². The van der Waals surface area contributed by atoms with E-state index in [1.165, 1.54) is 5.56 Å². The normalized spacial score (nSPS) is 10.7. The van der Waals surface area contributed by atoms with Gasteiger partial charge in [0, 0.05) is 17.5 Å². The molecule has 2 aromatic rings. The van der Waals surface area contributed by atoms with Gasteiger partial charge in [-0.25, -0.2) is 0 Å². The average Bonchev–Trinajstić information content (AvgIpc) is 2.69. The smallest absolute Gasteiger partial charge is 0.184 e. The number of rotatable bonds is 3. The Morgan fingerprint density at radius 2 is 1.78 bits per heavy atom. The number of Topliss-reactive ketones (excluding diaryl/α,β-unsaturated/α-hetero) is 1. The molecule has 0 atom stereocenters. The zero-order chi connectivity index (χ0) is 13.3. The third kappa shape index (κ3) is 2.35. The lowest BCUT2D eigenvalue weighted by atomic mass is 9.98. The Bertz CT molecular complexity index is 597. The lowest BCUT2D eigenvalue weighted by molar-refractivity contribution is 0.0966. The Morgan fingerprint density at radius 3 is 2.39 bits per heavy atom. The number of ketones is 1. The van der Waals surface area contributed by atoms with Gasteiger partial charge in [0.2, 0.25) is 0 Å². The highest BCUT2D eigenvalue weighted by molar-refractivity contribution is 5.97. The molecule has 3 nitrogen and oxygen atoms in total. The van der Waals surface area contributed by atoms with Gasteiger partial charge in [-0.1, -0.05) is 6.07 Å². The standard InChI is InChI=1S/C15H18N2O/c1-10-7-12(3)14(8-11(10)2)15(18)9-17-13(4)5-6-16-17/h5-8H,9H2,1-4H3. The van der Waals surface area contributed by atoms with Crippen molar-refractivity contribution in [2.75, 3.05) is 0 Å². The van der Waals surface area contributed by atoms with Crippen LogP contribution in [0.4, 0.5) is 0 Å². The van der Waals surface area contributed by atoms with Crippen molar-refractivity contribution in [2.45, 2.75) is 34.2 Å². The molecule has 0 saturated heterocycles. The summed E-state index contributed by atoms with van der Waals surface area (Å²) < 4.78 is 1.73. The Balaban J connectivity index is 2.30. The zero-order valence-electron chi connectivity index (χ0n) is 11.3. The van der Waals surface area contributed by atoms with E-state index in [1.54, 1.807) is 10.9 Å². The van der Waals surface area contributed by atoms with Crippen LogP contribution in [-0.2, 0) is 6.54 Å². The quantitative estimate of drug-likeness (QED) is 0.775. The summed E-state index contributed by atoms with van der Waals surface area (Å²) in [5.74, 6) is 0.113. The number of benzene rings is 1. The fourth-order valence-electron chi connectivity index (χ4n) is 2.05.